The lowest BCUT2D eigenvalue weighted by Crippen LogP contribution is -2.14. The number of anilines is 1. The lowest BCUT2D eigenvalue weighted by atomic mass is 10.2. The molecule has 18 heavy (non-hydrogen) atoms. The molecule has 1 aromatic carbocycles. The summed E-state index contributed by atoms with van der Waals surface area (Å²) in [5.41, 5.74) is 2.02. The quantitative estimate of drug-likeness (QED) is 0.925. The van der Waals surface area contributed by atoms with Gasteiger partial charge in [-0.05, 0) is 25.5 Å². The molecule has 0 spiro atoms. The van der Waals surface area contributed by atoms with E-state index in [-0.39, 0.29) is 11.6 Å². The number of amides is 1. The third kappa shape index (κ3) is 2.54. The van der Waals surface area contributed by atoms with Crippen molar-refractivity contribution >= 4 is 23.2 Å². The van der Waals surface area contributed by atoms with Crippen LogP contribution in [-0.4, -0.2) is 15.7 Å². The Morgan fingerprint density at radius 1 is 1.44 bits per heavy atom. The van der Waals surface area contributed by atoms with Crippen LogP contribution in [0.4, 0.5) is 5.69 Å². The lowest BCUT2D eigenvalue weighted by Gasteiger charge is -2.06. The largest absolute Gasteiger partial charge is 0.320 e. The second-order valence-corrected chi connectivity index (χ2v) is 4.36. The van der Waals surface area contributed by atoms with Crippen LogP contribution >= 0.6 is 11.6 Å². The van der Waals surface area contributed by atoms with Crippen molar-refractivity contribution in [2.75, 3.05) is 5.32 Å². The van der Waals surface area contributed by atoms with Gasteiger partial charge in [-0.15, -0.1) is 0 Å². The molecular formula is C13H14ClN3O. The summed E-state index contributed by atoms with van der Waals surface area (Å²) in [7, 11) is 0. The van der Waals surface area contributed by atoms with Gasteiger partial charge in [0.25, 0.3) is 5.91 Å². The summed E-state index contributed by atoms with van der Waals surface area (Å²) in [4.78, 5) is 12.0. The Hall–Kier alpha value is -1.81. The Balaban J connectivity index is 2.22. The molecule has 0 unspecified atom stereocenters. The average Bonchev–Trinajstić information content (AvgIpc) is 2.73. The van der Waals surface area contributed by atoms with Gasteiger partial charge in [-0.1, -0.05) is 29.8 Å². The van der Waals surface area contributed by atoms with Crippen LogP contribution in [0.25, 0.3) is 0 Å². The van der Waals surface area contributed by atoms with Crippen molar-refractivity contribution in [2.24, 2.45) is 0 Å². The highest BCUT2D eigenvalue weighted by Crippen LogP contribution is 2.18. The third-order valence-electron chi connectivity index (χ3n) is 2.65. The number of hydrogen-bond donors (Lipinski definition) is 1. The number of halogens is 1. The summed E-state index contributed by atoms with van der Waals surface area (Å²) in [6.07, 6.45) is 1.65. The SMILES string of the molecule is CCn1cc(Cl)c(C(=O)Nc2ccccc2C)n1. The van der Waals surface area contributed by atoms with Crippen molar-refractivity contribution in [2.45, 2.75) is 20.4 Å². The van der Waals surface area contributed by atoms with Gasteiger partial charge in [-0.3, -0.25) is 9.48 Å². The van der Waals surface area contributed by atoms with Gasteiger partial charge in [-0.25, -0.2) is 0 Å². The number of nitrogens with zero attached hydrogens (tertiary/aromatic N) is 2. The number of nitrogens with one attached hydrogen (secondary N) is 1. The Morgan fingerprint density at radius 3 is 2.78 bits per heavy atom. The lowest BCUT2D eigenvalue weighted by molar-refractivity contribution is 0.102. The number of benzene rings is 1. The molecule has 0 aliphatic heterocycles. The van der Waals surface area contributed by atoms with E-state index in [4.69, 9.17) is 11.6 Å². The van der Waals surface area contributed by atoms with Crippen LogP contribution in [0, 0.1) is 6.92 Å². The van der Waals surface area contributed by atoms with E-state index >= 15 is 0 Å². The van der Waals surface area contributed by atoms with Gasteiger partial charge in [0.15, 0.2) is 5.69 Å². The first kappa shape index (κ1) is 12.6. The van der Waals surface area contributed by atoms with E-state index in [1.54, 1.807) is 10.9 Å². The van der Waals surface area contributed by atoms with E-state index in [1.165, 1.54) is 0 Å². The molecule has 4 nitrogen and oxygen atoms in total. The van der Waals surface area contributed by atoms with Crippen LogP contribution in [0.5, 0.6) is 0 Å². The predicted molar refractivity (Wildman–Crippen MR) is 72.0 cm³/mol. The fourth-order valence-corrected chi connectivity index (χ4v) is 1.84. The first-order valence-corrected chi connectivity index (χ1v) is 6.09. The van der Waals surface area contributed by atoms with E-state index in [0.717, 1.165) is 11.3 Å². The molecule has 94 valence electrons. The predicted octanol–water partition coefficient (Wildman–Crippen LogP) is 3.12. The van der Waals surface area contributed by atoms with E-state index < -0.39 is 0 Å². The minimum Gasteiger partial charge on any atom is -0.320 e. The second kappa shape index (κ2) is 5.23. The molecular weight excluding hydrogens is 250 g/mol. The second-order valence-electron chi connectivity index (χ2n) is 3.95. The van der Waals surface area contributed by atoms with Crippen molar-refractivity contribution in [1.29, 1.82) is 0 Å². The molecule has 0 saturated carbocycles. The van der Waals surface area contributed by atoms with Gasteiger partial charge in [0.05, 0.1) is 5.02 Å². The zero-order valence-electron chi connectivity index (χ0n) is 10.3. The molecule has 0 fully saturated rings. The van der Waals surface area contributed by atoms with Crippen molar-refractivity contribution in [1.82, 2.24) is 9.78 Å². The molecule has 5 heteroatoms. The number of aryl methyl sites for hydroxylation is 2. The summed E-state index contributed by atoms with van der Waals surface area (Å²) in [5.74, 6) is -0.290. The topological polar surface area (TPSA) is 46.9 Å². The fourth-order valence-electron chi connectivity index (χ4n) is 1.61. The first-order chi connectivity index (χ1) is 8.61. The van der Waals surface area contributed by atoms with Crippen LogP contribution in [0.3, 0.4) is 0 Å². The number of para-hydroxylation sites is 1. The summed E-state index contributed by atoms with van der Waals surface area (Å²) >= 11 is 5.98. The molecule has 0 radical (unpaired) electrons. The summed E-state index contributed by atoms with van der Waals surface area (Å²) in [5, 5.41) is 7.30. The highest BCUT2D eigenvalue weighted by atomic mass is 35.5. The van der Waals surface area contributed by atoms with Gasteiger partial charge in [-0.2, -0.15) is 5.10 Å². The molecule has 0 saturated heterocycles. The number of rotatable bonds is 3. The van der Waals surface area contributed by atoms with E-state index in [0.29, 0.717) is 11.6 Å². The molecule has 0 aliphatic carbocycles. The van der Waals surface area contributed by atoms with Crippen LogP contribution in [0.15, 0.2) is 30.5 Å². The van der Waals surface area contributed by atoms with E-state index in [9.17, 15) is 4.79 Å². The summed E-state index contributed by atoms with van der Waals surface area (Å²) < 4.78 is 1.63. The zero-order valence-corrected chi connectivity index (χ0v) is 11.0. The van der Waals surface area contributed by atoms with Crippen molar-refractivity contribution in [3.8, 4) is 0 Å². The number of hydrogen-bond acceptors (Lipinski definition) is 2. The third-order valence-corrected chi connectivity index (χ3v) is 2.93. The maximum Gasteiger partial charge on any atom is 0.277 e. The molecule has 2 aromatic rings. The molecule has 1 amide bonds. The Kier molecular flexibility index (Phi) is 3.67. The molecule has 2 rings (SSSR count). The van der Waals surface area contributed by atoms with E-state index in [1.807, 2.05) is 38.1 Å². The van der Waals surface area contributed by atoms with Gasteiger partial charge >= 0.3 is 0 Å². The fraction of sp³-hybridized carbons (Fsp3) is 0.231. The summed E-state index contributed by atoms with van der Waals surface area (Å²) in [6, 6.07) is 7.57. The highest BCUT2D eigenvalue weighted by Gasteiger charge is 2.15. The molecule has 0 atom stereocenters. The number of carbonyl (C=O) groups excluding carboxylic acids is 1. The van der Waals surface area contributed by atoms with Crippen molar-refractivity contribution in [3.63, 3.8) is 0 Å². The van der Waals surface area contributed by atoms with Gasteiger partial charge < -0.3 is 5.32 Å². The standard InChI is InChI=1S/C13H14ClN3O/c1-3-17-8-10(14)12(16-17)13(18)15-11-7-5-4-6-9(11)2/h4-8H,3H2,1-2H3,(H,15,18). The van der Waals surface area contributed by atoms with E-state index in [2.05, 4.69) is 10.4 Å². The van der Waals surface area contributed by atoms with Gasteiger partial charge in [0.1, 0.15) is 0 Å². The molecule has 0 aliphatic rings. The molecule has 1 aromatic heterocycles. The zero-order chi connectivity index (χ0) is 13.1. The van der Waals surface area contributed by atoms with Crippen LogP contribution in [0.1, 0.15) is 23.0 Å². The first-order valence-electron chi connectivity index (χ1n) is 5.71. The van der Waals surface area contributed by atoms with Crippen molar-refractivity contribution < 1.29 is 4.79 Å². The van der Waals surface area contributed by atoms with Crippen LogP contribution in [0.2, 0.25) is 5.02 Å². The van der Waals surface area contributed by atoms with Crippen LogP contribution < -0.4 is 5.32 Å². The maximum atomic E-state index is 12.0. The smallest absolute Gasteiger partial charge is 0.277 e. The molecule has 1 heterocycles. The summed E-state index contributed by atoms with van der Waals surface area (Å²) in [6.45, 7) is 4.55. The normalized spacial score (nSPS) is 10.4. The van der Waals surface area contributed by atoms with Gasteiger partial charge in [0, 0.05) is 18.4 Å². The van der Waals surface area contributed by atoms with Crippen molar-refractivity contribution in [3.05, 3.63) is 46.7 Å². The minimum atomic E-state index is -0.290. The number of aromatic nitrogens is 2. The minimum absolute atomic E-state index is 0.252. The monoisotopic (exact) mass is 263 g/mol. The Labute approximate surface area is 111 Å². The average molecular weight is 264 g/mol. The highest BCUT2D eigenvalue weighted by molar-refractivity contribution is 6.34. The maximum absolute atomic E-state index is 12.0. The molecule has 1 N–H and O–H groups in total. The molecule has 0 bridgehead atoms. The Bertz CT molecular complexity index is 577. The Morgan fingerprint density at radius 2 is 2.17 bits per heavy atom. The van der Waals surface area contributed by atoms with Gasteiger partial charge in [0.2, 0.25) is 0 Å². The van der Waals surface area contributed by atoms with Crippen LogP contribution in [-0.2, 0) is 6.54 Å². The number of carbonyl (C=O) groups is 1.